The fourth-order valence-corrected chi connectivity index (χ4v) is 7.75. The molecule has 234 valence electrons. The van der Waals surface area contributed by atoms with Gasteiger partial charge in [-0.2, -0.15) is 0 Å². The highest BCUT2D eigenvalue weighted by Gasteiger charge is 2.20. The van der Waals surface area contributed by atoms with Gasteiger partial charge >= 0.3 is 0 Å². The molecule has 0 atom stereocenters. The summed E-state index contributed by atoms with van der Waals surface area (Å²) in [6, 6.07) is 67.5. The van der Waals surface area contributed by atoms with E-state index in [1.54, 1.807) is 0 Å². The summed E-state index contributed by atoms with van der Waals surface area (Å²) in [6.45, 7) is 0. The van der Waals surface area contributed by atoms with Crippen LogP contribution in [-0.4, -0.2) is 4.57 Å². The summed E-state index contributed by atoms with van der Waals surface area (Å²) in [5, 5.41) is 4.74. The van der Waals surface area contributed by atoms with E-state index in [-0.39, 0.29) is 0 Å². The van der Waals surface area contributed by atoms with Crippen molar-refractivity contribution < 1.29 is 4.42 Å². The lowest BCUT2D eigenvalue weighted by Gasteiger charge is -2.17. The zero-order chi connectivity index (χ0) is 33.0. The Hall–Kier alpha value is -6.64. The molecule has 0 aliphatic rings. The Labute approximate surface area is 290 Å². The maximum atomic E-state index is 6.32. The second kappa shape index (κ2) is 11.5. The summed E-state index contributed by atoms with van der Waals surface area (Å²) in [5.41, 5.74) is 14.8. The molecule has 2 nitrogen and oxygen atoms in total. The fraction of sp³-hybridized carbons (Fsp3) is 0. The second-order valence-electron chi connectivity index (χ2n) is 12.9. The van der Waals surface area contributed by atoms with Gasteiger partial charge in [0.15, 0.2) is 0 Å². The maximum absolute atomic E-state index is 6.32. The van der Waals surface area contributed by atoms with Gasteiger partial charge in [0.2, 0.25) is 0 Å². The van der Waals surface area contributed by atoms with Crippen LogP contribution in [0.25, 0.3) is 93.9 Å². The van der Waals surface area contributed by atoms with Crippen LogP contribution in [0, 0.1) is 0 Å². The van der Waals surface area contributed by atoms with Gasteiger partial charge in [0.1, 0.15) is 11.2 Å². The third-order valence-corrected chi connectivity index (χ3v) is 10.0. The van der Waals surface area contributed by atoms with Crippen LogP contribution in [0.2, 0.25) is 0 Å². The van der Waals surface area contributed by atoms with Crippen molar-refractivity contribution in [1.29, 1.82) is 0 Å². The standard InChI is InChI=1S/C48H31NO/c1-3-14-32(15-4-1)34-26-28-44-41(30-34)42-31-35(33-16-5-2-6-17-33)27-29-45(42)49(44)43-23-11-9-20-38(43)36-18-7-8-19-37(36)39-22-13-25-47-48(39)40-21-10-12-24-46(40)50-47/h1-31H. The number of hydrogen-bond donors (Lipinski definition) is 0. The molecule has 0 aliphatic carbocycles. The van der Waals surface area contributed by atoms with E-state index in [2.05, 4.69) is 187 Å². The number of para-hydroxylation sites is 2. The molecule has 2 aromatic heterocycles. The van der Waals surface area contributed by atoms with Crippen LogP contribution in [0.3, 0.4) is 0 Å². The molecule has 50 heavy (non-hydrogen) atoms. The predicted molar refractivity (Wildman–Crippen MR) is 210 cm³/mol. The lowest BCUT2D eigenvalue weighted by Crippen LogP contribution is -1.98. The summed E-state index contributed by atoms with van der Waals surface area (Å²) in [6.07, 6.45) is 0. The molecule has 10 rings (SSSR count). The molecule has 0 unspecified atom stereocenters. The minimum atomic E-state index is 0.901. The Balaban J connectivity index is 1.24. The van der Waals surface area contributed by atoms with Crippen LogP contribution < -0.4 is 0 Å². The Bertz CT molecular complexity index is 2760. The molecule has 8 aromatic carbocycles. The van der Waals surface area contributed by atoms with E-state index in [9.17, 15) is 0 Å². The highest BCUT2D eigenvalue weighted by Crippen LogP contribution is 2.44. The monoisotopic (exact) mass is 637 g/mol. The van der Waals surface area contributed by atoms with E-state index in [4.69, 9.17) is 4.42 Å². The largest absolute Gasteiger partial charge is 0.456 e. The van der Waals surface area contributed by atoms with Gasteiger partial charge in [-0.3, -0.25) is 0 Å². The predicted octanol–water partition coefficient (Wildman–Crippen LogP) is 13.4. The van der Waals surface area contributed by atoms with E-state index in [1.165, 1.54) is 66.3 Å². The van der Waals surface area contributed by atoms with Gasteiger partial charge in [0.25, 0.3) is 0 Å². The van der Waals surface area contributed by atoms with Gasteiger partial charge in [-0.25, -0.2) is 0 Å². The van der Waals surface area contributed by atoms with Crippen molar-refractivity contribution in [2.45, 2.75) is 0 Å². The van der Waals surface area contributed by atoms with Crippen LogP contribution in [0.1, 0.15) is 0 Å². The Kier molecular flexibility index (Phi) is 6.53. The number of aromatic nitrogens is 1. The third-order valence-electron chi connectivity index (χ3n) is 10.0. The highest BCUT2D eigenvalue weighted by molar-refractivity contribution is 6.15. The van der Waals surface area contributed by atoms with Crippen molar-refractivity contribution in [3.05, 3.63) is 188 Å². The Morgan fingerprint density at radius 3 is 1.48 bits per heavy atom. The van der Waals surface area contributed by atoms with Crippen molar-refractivity contribution >= 4 is 43.7 Å². The highest BCUT2D eigenvalue weighted by atomic mass is 16.3. The molecule has 0 bridgehead atoms. The van der Waals surface area contributed by atoms with Gasteiger partial charge in [-0.15, -0.1) is 0 Å². The number of benzene rings is 8. The van der Waals surface area contributed by atoms with Gasteiger partial charge < -0.3 is 8.98 Å². The average molecular weight is 638 g/mol. The zero-order valence-corrected chi connectivity index (χ0v) is 27.3. The minimum Gasteiger partial charge on any atom is -0.456 e. The van der Waals surface area contributed by atoms with Crippen LogP contribution in [0.5, 0.6) is 0 Å². The van der Waals surface area contributed by atoms with Crippen LogP contribution in [0.4, 0.5) is 0 Å². The normalized spacial score (nSPS) is 11.6. The van der Waals surface area contributed by atoms with E-state index in [0.29, 0.717) is 0 Å². The first-order valence-electron chi connectivity index (χ1n) is 17.1. The molecular weight excluding hydrogens is 607 g/mol. The van der Waals surface area contributed by atoms with E-state index in [0.717, 1.165) is 27.6 Å². The maximum Gasteiger partial charge on any atom is 0.136 e. The summed E-state index contributed by atoms with van der Waals surface area (Å²) in [4.78, 5) is 0. The quantitative estimate of drug-likeness (QED) is 0.184. The fourth-order valence-electron chi connectivity index (χ4n) is 7.75. The molecule has 0 amide bonds. The molecule has 0 radical (unpaired) electrons. The number of rotatable bonds is 5. The smallest absolute Gasteiger partial charge is 0.136 e. The number of hydrogen-bond acceptors (Lipinski definition) is 1. The SMILES string of the molecule is c1ccc(-c2ccc3c(c2)c2cc(-c4ccccc4)ccc2n3-c2ccccc2-c2ccccc2-c2cccc3oc4ccccc4c23)cc1. The van der Waals surface area contributed by atoms with E-state index < -0.39 is 0 Å². The molecule has 0 fully saturated rings. The molecule has 0 aliphatic heterocycles. The van der Waals surface area contributed by atoms with E-state index in [1.807, 2.05) is 6.07 Å². The molecule has 10 aromatic rings. The van der Waals surface area contributed by atoms with Crippen LogP contribution >= 0.6 is 0 Å². The van der Waals surface area contributed by atoms with Crippen molar-refractivity contribution in [2.75, 3.05) is 0 Å². The van der Waals surface area contributed by atoms with Gasteiger partial charge in [-0.05, 0) is 81.4 Å². The molecule has 0 saturated heterocycles. The van der Waals surface area contributed by atoms with Crippen molar-refractivity contribution in [3.8, 4) is 50.2 Å². The van der Waals surface area contributed by atoms with E-state index >= 15 is 0 Å². The summed E-state index contributed by atoms with van der Waals surface area (Å²) < 4.78 is 8.77. The Morgan fingerprint density at radius 1 is 0.320 bits per heavy atom. The molecule has 2 heterocycles. The topological polar surface area (TPSA) is 18.1 Å². The molecule has 0 saturated carbocycles. The van der Waals surface area contributed by atoms with Gasteiger partial charge in [0.05, 0.1) is 16.7 Å². The van der Waals surface area contributed by atoms with Gasteiger partial charge in [0, 0.05) is 27.1 Å². The Morgan fingerprint density at radius 2 is 0.820 bits per heavy atom. The van der Waals surface area contributed by atoms with Gasteiger partial charge in [-0.1, -0.05) is 146 Å². The van der Waals surface area contributed by atoms with Crippen LogP contribution in [0.15, 0.2) is 192 Å². The third kappa shape index (κ3) is 4.50. The number of fused-ring (bicyclic) bond motifs is 6. The number of nitrogens with zero attached hydrogens (tertiary/aromatic N) is 1. The molecule has 0 N–H and O–H groups in total. The van der Waals surface area contributed by atoms with Crippen LogP contribution in [-0.2, 0) is 0 Å². The summed E-state index contributed by atoms with van der Waals surface area (Å²) in [7, 11) is 0. The summed E-state index contributed by atoms with van der Waals surface area (Å²) >= 11 is 0. The lowest BCUT2D eigenvalue weighted by molar-refractivity contribution is 0.669. The molecular formula is C48H31NO. The first-order chi connectivity index (χ1) is 24.8. The first-order valence-corrected chi connectivity index (χ1v) is 17.1. The first kappa shape index (κ1) is 28.4. The lowest BCUT2D eigenvalue weighted by atomic mass is 9.91. The average Bonchev–Trinajstić information content (AvgIpc) is 3.74. The minimum absolute atomic E-state index is 0.901. The number of furan rings is 1. The second-order valence-corrected chi connectivity index (χ2v) is 12.9. The molecule has 0 spiro atoms. The molecule has 2 heteroatoms. The summed E-state index contributed by atoms with van der Waals surface area (Å²) in [5.74, 6) is 0. The zero-order valence-electron chi connectivity index (χ0n) is 27.3. The van der Waals surface area contributed by atoms with Crippen molar-refractivity contribution in [1.82, 2.24) is 4.57 Å². The van der Waals surface area contributed by atoms with Crippen molar-refractivity contribution in [3.63, 3.8) is 0 Å². The van der Waals surface area contributed by atoms with Crippen molar-refractivity contribution in [2.24, 2.45) is 0 Å².